The van der Waals surface area contributed by atoms with Crippen molar-refractivity contribution in [3.8, 4) is 16.9 Å². The summed E-state index contributed by atoms with van der Waals surface area (Å²) in [6.45, 7) is 2.35. The van der Waals surface area contributed by atoms with E-state index >= 15 is 4.39 Å². The molecule has 0 radical (unpaired) electrons. The topological polar surface area (TPSA) is 108 Å². The summed E-state index contributed by atoms with van der Waals surface area (Å²) in [5.41, 5.74) is 2.68. The number of benzene rings is 2. The summed E-state index contributed by atoms with van der Waals surface area (Å²) in [7, 11) is 1.62. The SMILES string of the molecule is COc1ccccc1-c1ccc(C[C@H](NC(=O)C2CCCN(c3ncnc(N4CCCCC4)c3F)C2)C(=O)O)cc1. The number of ether oxygens (including phenoxy) is 1. The van der Waals surface area contributed by atoms with Gasteiger partial charge in [-0.1, -0.05) is 42.5 Å². The standard InChI is InChI=1S/C31H36FN5O4/c1-41-26-10-4-3-9-24(26)22-13-11-21(12-14-22)18-25(31(39)40)35-30(38)23-8-7-17-37(19-23)29-27(32)28(33-20-34-29)36-15-5-2-6-16-36/h3-4,9-14,20,23,25H,2,5-8,15-19H2,1H3,(H,35,38)(H,39,40)/t23?,25-/m0/s1. The molecule has 1 unspecified atom stereocenters. The number of nitrogens with zero attached hydrogens (tertiary/aromatic N) is 4. The molecule has 1 aromatic heterocycles. The summed E-state index contributed by atoms with van der Waals surface area (Å²) in [4.78, 5) is 37.5. The molecule has 41 heavy (non-hydrogen) atoms. The van der Waals surface area contributed by atoms with Crippen LogP contribution in [0.2, 0.25) is 0 Å². The molecule has 2 N–H and O–H groups in total. The molecule has 0 aliphatic carbocycles. The Kier molecular flexibility index (Phi) is 8.96. The predicted molar refractivity (Wildman–Crippen MR) is 155 cm³/mol. The summed E-state index contributed by atoms with van der Waals surface area (Å²) in [6.07, 6.45) is 5.92. The van der Waals surface area contributed by atoms with Crippen LogP contribution < -0.4 is 19.9 Å². The number of anilines is 2. The number of rotatable bonds is 9. The maximum absolute atomic E-state index is 15.5. The third-order valence-corrected chi connectivity index (χ3v) is 7.93. The number of piperidine rings is 2. The number of carboxylic acid groups (broad SMARTS) is 1. The van der Waals surface area contributed by atoms with Gasteiger partial charge in [0.1, 0.15) is 18.1 Å². The van der Waals surface area contributed by atoms with Gasteiger partial charge in [0.25, 0.3) is 0 Å². The Morgan fingerprint density at radius 3 is 2.39 bits per heavy atom. The van der Waals surface area contributed by atoms with Crippen molar-refractivity contribution in [1.82, 2.24) is 15.3 Å². The van der Waals surface area contributed by atoms with Crippen molar-refractivity contribution >= 4 is 23.5 Å². The second-order valence-electron chi connectivity index (χ2n) is 10.7. The number of carbonyl (C=O) groups is 2. The minimum Gasteiger partial charge on any atom is -0.496 e. The molecule has 0 saturated carbocycles. The normalized spacial score (nSPS) is 18.0. The number of aromatic nitrogens is 2. The molecule has 2 aromatic carbocycles. The van der Waals surface area contributed by atoms with E-state index in [0.717, 1.165) is 54.8 Å². The van der Waals surface area contributed by atoms with Gasteiger partial charge in [0.05, 0.1) is 13.0 Å². The van der Waals surface area contributed by atoms with E-state index in [1.807, 2.05) is 53.4 Å². The van der Waals surface area contributed by atoms with Gasteiger partial charge in [-0.25, -0.2) is 14.8 Å². The molecular formula is C31H36FN5O4. The maximum Gasteiger partial charge on any atom is 0.326 e. The van der Waals surface area contributed by atoms with Gasteiger partial charge in [-0.05, 0) is 49.3 Å². The minimum atomic E-state index is -1.10. The van der Waals surface area contributed by atoms with E-state index in [2.05, 4.69) is 15.3 Å². The van der Waals surface area contributed by atoms with E-state index in [0.29, 0.717) is 25.2 Å². The fourth-order valence-corrected chi connectivity index (χ4v) is 5.71. The van der Waals surface area contributed by atoms with Gasteiger partial charge in [-0.15, -0.1) is 0 Å². The first-order chi connectivity index (χ1) is 19.9. The summed E-state index contributed by atoms with van der Waals surface area (Å²) >= 11 is 0. The largest absolute Gasteiger partial charge is 0.496 e. The van der Waals surface area contributed by atoms with Crippen LogP contribution in [0, 0.1) is 11.7 Å². The smallest absolute Gasteiger partial charge is 0.326 e. The Bertz CT molecular complexity index is 1360. The van der Waals surface area contributed by atoms with Gasteiger partial charge in [0.15, 0.2) is 11.6 Å². The summed E-state index contributed by atoms with van der Waals surface area (Å²) in [5, 5.41) is 12.6. The van der Waals surface area contributed by atoms with Crippen LogP contribution in [0.15, 0.2) is 54.9 Å². The number of nitrogens with one attached hydrogen (secondary N) is 1. The average Bonchev–Trinajstić information content (AvgIpc) is 3.01. The molecule has 2 aliphatic heterocycles. The zero-order valence-corrected chi connectivity index (χ0v) is 23.3. The van der Waals surface area contributed by atoms with Crippen LogP contribution in [-0.2, 0) is 16.0 Å². The molecule has 2 atom stereocenters. The van der Waals surface area contributed by atoms with Gasteiger partial charge >= 0.3 is 5.97 Å². The number of carboxylic acids is 1. The first-order valence-corrected chi connectivity index (χ1v) is 14.2. The van der Waals surface area contributed by atoms with Crippen LogP contribution in [0.5, 0.6) is 5.75 Å². The molecule has 2 saturated heterocycles. The highest BCUT2D eigenvalue weighted by molar-refractivity contribution is 5.85. The zero-order valence-electron chi connectivity index (χ0n) is 23.3. The number of amides is 1. The molecule has 2 fully saturated rings. The fourth-order valence-electron chi connectivity index (χ4n) is 5.71. The van der Waals surface area contributed by atoms with Crippen LogP contribution in [0.4, 0.5) is 16.0 Å². The molecule has 0 spiro atoms. The number of para-hydroxylation sites is 1. The van der Waals surface area contributed by atoms with Gasteiger partial charge < -0.3 is 25.0 Å². The highest BCUT2D eigenvalue weighted by Crippen LogP contribution is 2.31. The van der Waals surface area contributed by atoms with E-state index in [4.69, 9.17) is 4.74 Å². The van der Waals surface area contributed by atoms with Crippen molar-refractivity contribution in [3.63, 3.8) is 0 Å². The lowest BCUT2D eigenvalue weighted by atomic mass is 9.95. The highest BCUT2D eigenvalue weighted by atomic mass is 19.1. The van der Waals surface area contributed by atoms with Gasteiger partial charge in [0, 0.05) is 38.2 Å². The van der Waals surface area contributed by atoms with Crippen LogP contribution in [0.25, 0.3) is 11.1 Å². The van der Waals surface area contributed by atoms with Crippen LogP contribution in [0.1, 0.15) is 37.7 Å². The summed E-state index contributed by atoms with van der Waals surface area (Å²) in [6, 6.07) is 14.2. The molecule has 3 aromatic rings. The van der Waals surface area contributed by atoms with Gasteiger partial charge in [-0.3, -0.25) is 4.79 Å². The Hall–Kier alpha value is -4.21. The van der Waals surface area contributed by atoms with E-state index in [9.17, 15) is 14.7 Å². The van der Waals surface area contributed by atoms with E-state index in [1.165, 1.54) is 6.33 Å². The number of aliphatic carboxylic acids is 1. The van der Waals surface area contributed by atoms with E-state index in [-0.39, 0.29) is 24.7 Å². The number of hydrogen-bond donors (Lipinski definition) is 2. The molecule has 3 heterocycles. The number of hydrogen-bond acceptors (Lipinski definition) is 7. The number of halogens is 1. The van der Waals surface area contributed by atoms with Crippen molar-refractivity contribution in [3.05, 3.63) is 66.2 Å². The maximum atomic E-state index is 15.5. The Labute approximate surface area is 239 Å². The van der Waals surface area contributed by atoms with Crippen molar-refractivity contribution in [2.24, 2.45) is 5.92 Å². The predicted octanol–water partition coefficient (Wildman–Crippen LogP) is 4.31. The molecule has 216 valence electrons. The second-order valence-corrected chi connectivity index (χ2v) is 10.7. The third kappa shape index (κ3) is 6.58. The quantitative estimate of drug-likeness (QED) is 0.398. The van der Waals surface area contributed by atoms with Crippen molar-refractivity contribution in [2.75, 3.05) is 43.1 Å². The summed E-state index contributed by atoms with van der Waals surface area (Å²) in [5.74, 6) is -1.14. The Morgan fingerprint density at radius 1 is 1.00 bits per heavy atom. The monoisotopic (exact) mass is 561 g/mol. The van der Waals surface area contributed by atoms with Crippen molar-refractivity contribution < 1.29 is 23.8 Å². The first kappa shape index (κ1) is 28.3. The van der Waals surface area contributed by atoms with E-state index in [1.54, 1.807) is 12.0 Å². The molecular weight excluding hydrogens is 525 g/mol. The molecule has 1 amide bonds. The van der Waals surface area contributed by atoms with Crippen LogP contribution in [0.3, 0.4) is 0 Å². The van der Waals surface area contributed by atoms with Crippen LogP contribution >= 0.6 is 0 Å². The lowest BCUT2D eigenvalue weighted by Crippen LogP contribution is -2.49. The Morgan fingerprint density at radius 2 is 1.68 bits per heavy atom. The first-order valence-electron chi connectivity index (χ1n) is 14.2. The molecule has 0 bridgehead atoms. The highest BCUT2D eigenvalue weighted by Gasteiger charge is 2.32. The second kappa shape index (κ2) is 13.0. The van der Waals surface area contributed by atoms with Gasteiger partial charge in [-0.2, -0.15) is 4.39 Å². The van der Waals surface area contributed by atoms with Crippen LogP contribution in [-0.4, -0.2) is 66.3 Å². The Balaban J connectivity index is 1.24. The van der Waals surface area contributed by atoms with Crippen molar-refractivity contribution in [1.29, 1.82) is 0 Å². The fraction of sp³-hybridized carbons (Fsp3) is 0.419. The van der Waals surface area contributed by atoms with Gasteiger partial charge in [0.2, 0.25) is 11.7 Å². The van der Waals surface area contributed by atoms with Crippen molar-refractivity contribution in [2.45, 2.75) is 44.6 Å². The van der Waals surface area contributed by atoms with E-state index < -0.39 is 23.7 Å². The molecule has 9 nitrogen and oxygen atoms in total. The third-order valence-electron chi connectivity index (χ3n) is 7.93. The lowest BCUT2D eigenvalue weighted by molar-refractivity contribution is -0.142. The molecule has 5 rings (SSSR count). The number of carbonyl (C=O) groups excluding carboxylic acids is 1. The lowest BCUT2D eigenvalue weighted by Gasteiger charge is -2.34. The molecule has 2 aliphatic rings. The average molecular weight is 562 g/mol. The zero-order chi connectivity index (χ0) is 28.8. The number of methoxy groups -OCH3 is 1. The summed E-state index contributed by atoms with van der Waals surface area (Å²) < 4.78 is 21.0. The molecule has 10 heteroatoms. The minimum absolute atomic E-state index is 0.142.